The van der Waals surface area contributed by atoms with Crippen molar-refractivity contribution in [2.45, 2.75) is 51.4 Å². The molecule has 2 aliphatic carbocycles. The van der Waals surface area contributed by atoms with Crippen molar-refractivity contribution in [2.75, 3.05) is 13.6 Å². The van der Waals surface area contributed by atoms with E-state index in [1.54, 1.807) is 0 Å². The average molecular weight is 338 g/mol. The third kappa shape index (κ3) is 4.05. The first-order valence-electron chi connectivity index (χ1n) is 8.51. The molecule has 0 aromatic rings. The predicted molar refractivity (Wildman–Crippen MR) is 86.4 cm³/mol. The lowest BCUT2D eigenvalue weighted by molar-refractivity contribution is -0.146. The van der Waals surface area contributed by atoms with Gasteiger partial charge in [0.05, 0.1) is 0 Å². The summed E-state index contributed by atoms with van der Waals surface area (Å²) in [5, 5.41) is 17.4. The first kappa shape index (κ1) is 18.7. The molecule has 2 aliphatic rings. The van der Waals surface area contributed by atoms with Crippen molar-refractivity contribution < 1.29 is 29.3 Å². The third-order valence-electron chi connectivity index (χ3n) is 5.49. The minimum absolute atomic E-state index is 0.0389. The molecule has 2 saturated carbocycles. The van der Waals surface area contributed by atoms with Gasteiger partial charge in [-0.25, -0.2) is 9.59 Å². The summed E-state index contributed by atoms with van der Waals surface area (Å²) in [6.07, 6.45) is 14.9. The van der Waals surface area contributed by atoms with Crippen LogP contribution in [-0.2, 0) is 19.1 Å². The first-order chi connectivity index (χ1) is 11.6. The number of rotatable bonds is 6. The fraction of sp³-hybridized carbons (Fsp3) is 0.667. The standard InChI is InChI=1S/C18H26O6/c19-13-23-15(21)5-11-18(12-6-16(22)24-14-20)10-4-9-17(18)7-2-1-3-8-17/h5-6,11-12,19-20H,1-4,7-10,13-14H2. The molecular weight excluding hydrogens is 312 g/mol. The quantitative estimate of drug-likeness (QED) is 0.438. The number of hydrogen-bond acceptors (Lipinski definition) is 6. The number of hydrogen-bond donors (Lipinski definition) is 2. The molecule has 0 aliphatic heterocycles. The molecule has 0 bridgehead atoms. The fourth-order valence-electron chi connectivity index (χ4n) is 4.39. The molecule has 0 atom stereocenters. The van der Waals surface area contributed by atoms with E-state index in [0.29, 0.717) is 0 Å². The van der Waals surface area contributed by atoms with E-state index in [0.717, 1.165) is 44.9 Å². The van der Waals surface area contributed by atoms with Gasteiger partial charge in [-0.3, -0.25) is 0 Å². The van der Waals surface area contributed by atoms with Gasteiger partial charge in [-0.1, -0.05) is 37.8 Å². The van der Waals surface area contributed by atoms with Crippen LogP contribution in [0.15, 0.2) is 24.3 Å². The predicted octanol–water partition coefficient (Wildman–Crippen LogP) is 2.21. The molecule has 0 amide bonds. The van der Waals surface area contributed by atoms with Crippen LogP contribution in [0.25, 0.3) is 0 Å². The van der Waals surface area contributed by atoms with Gasteiger partial charge in [0.25, 0.3) is 0 Å². The second-order valence-corrected chi connectivity index (χ2v) is 6.59. The van der Waals surface area contributed by atoms with Crippen molar-refractivity contribution in [3.63, 3.8) is 0 Å². The molecular formula is C18H26O6. The van der Waals surface area contributed by atoms with E-state index in [9.17, 15) is 9.59 Å². The number of aliphatic hydroxyl groups is 2. The Kier molecular flexibility index (Phi) is 6.57. The molecule has 0 radical (unpaired) electrons. The normalized spacial score (nSPS) is 26.2. The van der Waals surface area contributed by atoms with Crippen LogP contribution >= 0.6 is 0 Å². The molecule has 0 unspecified atom stereocenters. The van der Waals surface area contributed by atoms with Gasteiger partial charge >= 0.3 is 11.9 Å². The second-order valence-electron chi connectivity index (χ2n) is 6.59. The maximum Gasteiger partial charge on any atom is 0.332 e. The molecule has 0 heterocycles. The first-order valence-corrected chi connectivity index (χ1v) is 8.51. The summed E-state index contributed by atoms with van der Waals surface area (Å²) in [5.41, 5.74) is -0.367. The number of carbonyl (C=O) groups is 2. The van der Waals surface area contributed by atoms with Crippen molar-refractivity contribution >= 4 is 11.9 Å². The monoisotopic (exact) mass is 338 g/mol. The molecule has 2 rings (SSSR count). The number of carbonyl (C=O) groups excluding carboxylic acids is 2. The summed E-state index contributed by atoms with van der Waals surface area (Å²) < 4.78 is 9.14. The van der Waals surface area contributed by atoms with Gasteiger partial charge in [-0.15, -0.1) is 0 Å². The molecule has 0 aromatic heterocycles. The van der Waals surface area contributed by atoms with Crippen LogP contribution in [0.4, 0.5) is 0 Å². The van der Waals surface area contributed by atoms with E-state index in [1.165, 1.54) is 18.6 Å². The maximum atomic E-state index is 11.6. The van der Waals surface area contributed by atoms with Crippen molar-refractivity contribution in [3.05, 3.63) is 24.3 Å². The highest BCUT2D eigenvalue weighted by Gasteiger charge is 2.51. The van der Waals surface area contributed by atoms with Crippen molar-refractivity contribution in [2.24, 2.45) is 10.8 Å². The van der Waals surface area contributed by atoms with Crippen LogP contribution in [0.5, 0.6) is 0 Å². The Morgan fingerprint density at radius 3 is 1.79 bits per heavy atom. The maximum absolute atomic E-state index is 11.6. The van der Waals surface area contributed by atoms with E-state index >= 15 is 0 Å². The van der Waals surface area contributed by atoms with E-state index in [1.807, 2.05) is 12.2 Å². The zero-order valence-corrected chi connectivity index (χ0v) is 13.9. The van der Waals surface area contributed by atoms with E-state index < -0.39 is 30.9 Å². The van der Waals surface area contributed by atoms with Crippen LogP contribution in [0.3, 0.4) is 0 Å². The smallest absolute Gasteiger partial charge is 0.332 e. The minimum atomic E-state index is -0.653. The number of allylic oxidation sites excluding steroid dienone is 2. The summed E-state index contributed by atoms with van der Waals surface area (Å²) in [5.74, 6) is -1.19. The second kappa shape index (κ2) is 8.44. The van der Waals surface area contributed by atoms with Gasteiger partial charge in [-0.05, 0) is 31.1 Å². The Labute approximate surface area is 142 Å². The molecule has 0 aromatic carbocycles. The number of esters is 2. The Hall–Kier alpha value is -1.66. The van der Waals surface area contributed by atoms with Crippen LogP contribution in [0, 0.1) is 10.8 Å². The molecule has 24 heavy (non-hydrogen) atoms. The molecule has 134 valence electrons. The summed E-state index contributed by atoms with van der Waals surface area (Å²) in [4.78, 5) is 23.3. The van der Waals surface area contributed by atoms with E-state index in [4.69, 9.17) is 10.2 Å². The summed E-state index contributed by atoms with van der Waals surface area (Å²) >= 11 is 0. The van der Waals surface area contributed by atoms with Crippen LogP contribution < -0.4 is 0 Å². The Balaban J connectivity index is 2.29. The van der Waals surface area contributed by atoms with Crippen molar-refractivity contribution in [3.8, 4) is 0 Å². The van der Waals surface area contributed by atoms with Gasteiger partial charge in [-0.2, -0.15) is 0 Å². The Morgan fingerprint density at radius 1 is 0.792 bits per heavy atom. The van der Waals surface area contributed by atoms with Gasteiger partial charge < -0.3 is 19.7 Å². The SMILES string of the molecule is O=C(C=CC1(C=CC(=O)OCO)CCCC12CCCCC2)OCO. The summed E-state index contributed by atoms with van der Waals surface area (Å²) in [7, 11) is 0. The summed E-state index contributed by atoms with van der Waals surface area (Å²) in [6, 6.07) is 0. The zero-order valence-electron chi connectivity index (χ0n) is 13.9. The van der Waals surface area contributed by atoms with E-state index in [-0.39, 0.29) is 5.41 Å². The highest BCUT2D eigenvalue weighted by atomic mass is 16.6. The Morgan fingerprint density at radius 2 is 1.29 bits per heavy atom. The van der Waals surface area contributed by atoms with Crippen LogP contribution in [0.1, 0.15) is 51.4 Å². The third-order valence-corrected chi connectivity index (χ3v) is 5.49. The number of aliphatic hydroxyl groups excluding tert-OH is 2. The van der Waals surface area contributed by atoms with Crippen molar-refractivity contribution in [1.29, 1.82) is 0 Å². The molecule has 6 heteroatoms. The van der Waals surface area contributed by atoms with Crippen LogP contribution in [0.2, 0.25) is 0 Å². The molecule has 2 fully saturated rings. The van der Waals surface area contributed by atoms with Gasteiger partial charge in [0.15, 0.2) is 13.6 Å². The van der Waals surface area contributed by atoms with Crippen LogP contribution in [-0.4, -0.2) is 35.7 Å². The van der Waals surface area contributed by atoms with E-state index in [2.05, 4.69) is 9.47 Å². The van der Waals surface area contributed by atoms with Gasteiger partial charge in [0, 0.05) is 17.6 Å². The highest BCUT2D eigenvalue weighted by molar-refractivity contribution is 5.83. The van der Waals surface area contributed by atoms with Crippen molar-refractivity contribution in [1.82, 2.24) is 0 Å². The topological polar surface area (TPSA) is 93.1 Å². The minimum Gasteiger partial charge on any atom is -0.436 e. The Bertz CT molecular complexity index is 474. The lowest BCUT2D eigenvalue weighted by Crippen LogP contribution is -2.37. The molecule has 6 nitrogen and oxygen atoms in total. The lowest BCUT2D eigenvalue weighted by atomic mass is 9.58. The zero-order chi connectivity index (χ0) is 17.5. The highest BCUT2D eigenvalue weighted by Crippen LogP contribution is 2.61. The van der Waals surface area contributed by atoms with Gasteiger partial charge in [0.1, 0.15) is 0 Å². The number of ether oxygens (including phenoxy) is 2. The molecule has 2 N–H and O–H groups in total. The fourth-order valence-corrected chi connectivity index (χ4v) is 4.39. The molecule has 1 spiro atoms. The van der Waals surface area contributed by atoms with Gasteiger partial charge in [0.2, 0.25) is 0 Å². The largest absolute Gasteiger partial charge is 0.436 e. The summed E-state index contributed by atoms with van der Waals surface area (Å²) in [6.45, 7) is -1.31. The molecule has 0 saturated heterocycles. The average Bonchev–Trinajstić information content (AvgIpc) is 2.90. The lowest BCUT2D eigenvalue weighted by Gasteiger charge is -2.45.